The molecule has 0 spiro atoms. The highest BCUT2D eigenvalue weighted by Crippen LogP contribution is 2.67. The van der Waals surface area contributed by atoms with E-state index in [2.05, 4.69) is 4.98 Å². The highest BCUT2D eigenvalue weighted by Gasteiger charge is 2.88. The van der Waals surface area contributed by atoms with Crippen LogP contribution in [0.4, 0.5) is 29.1 Å². The molecule has 1 saturated carbocycles. The Labute approximate surface area is 146 Å². The molecule has 2 atom stereocenters. The van der Waals surface area contributed by atoms with E-state index in [9.17, 15) is 32.5 Å². The van der Waals surface area contributed by atoms with Crippen LogP contribution < -0.4 is 10.5 Å². The Kier molecular flexibility index (Phi) is 3.17. The van der Waals surface area contributed by atoms with Gasteiger partial charge in [-0.2, -0.15) is 17.6 Å². The van der Waals surface area contributed by atoms with Crippen LogP contribution in [0.1, 0.15) is 0 Å². The molecule has 0 radical (unpaired) electrons. The third-order valence-electron chi connectivity index (χ3n) is 4.93. The van der Waals surface area contributed by atoms with Crippen LogP contribution in [-0.4, -0.2) is 44.1 Å². The summed E-state index contributed by atoms with van der Waals surface area (Å²) in [5, 5.41) is 11.4. The molecule has 2 unspecified atom stereocenters. The quantitative estimate of drug-likeness (QED) is 0.339. The number of hydrogen-bond donors (Lipinski definition) is 0. The SMILES string of the molecule is O=c1c([N+](=O)[O-])c(N2CC3C(F)(F)C(F)(F)C3(Cl)C2)nc2ccccn12. The average molecular weight is 393 g/mol. The zero-order valence-electron chi connectivity index (χ0n) is 12.7. The topological polar surface area (TPSA) is 80.8 Å². The number of alkyl halides is 5. The molecule has 2 fully saturated rings. The van der Waals surface area contributed by atoms with Crippen LogP contribution in [0.3, 0.4) is 0 Å². The Morgan fingerprint density at radius 1 is 1.31 bits per heavy atom. The van der Waals surface area contributed by atoms with Gasteiger partial charge in [-0.1, -0.05) is 6.07 Å². The molecule has 1 aliphatic heterocycles. The second kappa shape index (κ2) is 4.84. The minimum atomic E-state index is -4.47. The summed E-state index contributed by atoms with van der Waals surface area (Å²) < 4.78 is 56.0. The minimum absolute atomic E-state index is 0.0134. The van der Waals surface area contributed by atoms with E-state index in [1.165, 1.54) is 24.4 Å². The van der Waals surface area contributed by atoms with Crippen molar-refractivity contribution in [3.05, 3.63) is 44.9 Å². The van der Waals surface area contributed by atoms with Crippen LogP contribution in [0, 0.1) is 16.0 Å². The Hall–Kier alpha value is -2.43. The van der Waals surface area contributed by atoms with Crippen molar-refractivity contribution < 1.29 is 22.5 Å². The molecule has 0 N–H and O–H groups in total. The van der Waals surface area contributed by atoms with Gasteiger partial charge in [-0.05, 0) is 12.1 Å². The second-order valence-electron chi connectivity index (χ2n) is 6.27. The summed E-state index contributed by atoms with van der Waals surface area (Å²) in [5.74, 6) is -11.3. The number of anilines is 1. The molecule has 4 rings (SSSR count). The zero-order valence-corrected chi connectivity index (χ0v) is 13.5. The van der Waals surface area contributed by atoms with E-state index < -0.39 is 57.7 Å². The number of pyridine rings is 1. The van der Waals surface area contributed by atoms with Gasteiger partial charge in [-0.15, -0.1) is 11.6 Å². The van der Waals surface area contributed by atoms with E-state index in [0.29, 0.717) is 0 Å². The van der Waals surface area contributed by atoms with Gasteiger partial charge < -0.3 is 4.90 Å². The first-order valence-electron chi connectivity index (χ1n) is 7.37. The number of rotatable bonds is 2. The molecule has 1 aliphatic carbocycles. The summed E-state index contributed by atoms with van der Waals surface area (Å²) in [5.41, 5.74) is -2.02. The molecular formula is C14H9ClF4N4O3. The molecule has 3 heterocycles. The maximum absolute atomic E-state index is 13.8. The molecule has 138 valence electrons. The van der Waals surface area contributed by atoms with Gasteiger partial charge >= 0.3 is 23.1 Å². The van der Waals surface area contributed by atoms with E-state index in [1.807, 2.05) is 0 Å². The van der Waals surface area contributed by atoms with Gasteiger partial charge in [0, 0.05) is 19.3 Å². The fourth-order valence-corrected chi connectivity index (χ4v) is 4.04. The van der Waals surface area contributed by atoms with E-state index >= 15 is 0 Å². The van der Waals surface area contributed by atoms with E-state index in [0.717, 1.165) is 9.30 Å². The fourth-order valence-electron chi connectivity index (χ4n) is 3.57. The molecule has 2 aromatic heterocycles. The number of nitro groups is 1. The lowest BCUT2D eigenvalue weighted by atomic mass is 9.67. The van der Waals surface area contributed by atoms with Gasteiger partial charge in [0.05, 0.1) is 10.8 Å². The summed E-state index contributed by atoms with van der Waals surface area (Å²) >= 11 is 5.76. The number of hydrogen-bond acceptors (Lipinski definition) is 5. The third-order valence-corrected chi connectivity index (χ3v) is 5.55. The fraction of sp³-hybridized carbons (Fsp3) is 0.429. The molecule has 1 saturated heterocycles. The van der Waals surface area contributed by atoms with Crippen molar-refractivity contribution in [2.75, 3.05) is 18.0 Å². The molecule has 0 amide bonds. The molecule has 12 heteroatoms. The monoisotopic (exact) mass is 392 g/mol. The van der Waals surface area contributed by atoms with Crippen LogP contribution >= 0.6 is 11.6 Å². The Morgan fingerprint density at radius 2 is 2.00 bits per heavy atom. The summed E-state index contributed by atoms with van der Waals surface area (Å²) in [4.78, 5) is 25.0. The first-order valence-corrected chi connectivity index (χ1v) is 7.75. The average Bonchev–Trinajstić information content (AvgIpc) is 2.92. The highest BCUT2D eigenvalue weighted by molar-refractivity contribution is 6.27. The Bertz CT molecular complexity index is 1010. The van der Waals surface area contributed by atoms with Gasteiger partial charge in [0.15, 0.2) is 0 Å². The maximum atomic E-state index is 13.8. The normalized spacial score (nSPS) is 28.7. The number of nitrogens with zero attached hydrogens (tertiary/aromatic N) is 4. The van der Waals surface area contributed by atoms with Gasteiger partial charge in [0.1, 0.15) is 10.5 Å². The second-order valence-corrected chi connectivity index (χ2v) is 6.94. The summed E-state index contributed by atoms with van der Waals surface area (Å²) in [6, 6.07) is 4.33. The van der Waals surface area contributed by atoms with Crippen molar-refractivity contribution >= 4 is 28.8 Å². The van der Waals surface area contributed by atoms with Crippen LogP contribution in [0.5, 0.6) is 0 Å². The Balaban J connectivity index is 1.88. The molecule has 0 bridgehead atoms. The van der Waals surface area contributed by atoms with Crippen LogP contribution in [-0.2, 0) is 0 Å². The van der Waals surface area contributed by atoms with E-state index in [-0.39, 0.29) is 5.65 Å². The number of aromatic nitrogens is 2. The number of fused-ring (bicyclic) bond motifs is 2. The van der Waals surface area contributed by atoms with Crippen LogP contribution in [0.25, 0.3) is 5.65 Å². The molecule has 2 aliphatic rings. The van der Waals surface area contributed by atoms with Crippen molar-refractivity contribution in [2.24, 2.45) is 5.92 Å². The Morgan fingerprint density at radius 3 is 2.62 bits per heavy atom. The van der Waals surface area contributed by atoms with Gasteiger partial charge in [-0.3, -0.25) is 19.3 Å². The molecule has 26 heavy (non-hydrogen) atoms. The maximum Gasteiger partial charge on any atom is 0.376 e. The lowest BCUT2D eigenvalue weighted by molar-refractivity contribution is -0.385. The smallest absolute Gasteiger partial charge is 0.348 e. The first kappa shape index (κ1) is 17.0. The molecular weight excluding hydrogens is 384 g/mol. The molecule has 7 nitrogen and oxygen atoms in total. The van der Waals surface area contributed by atoms with Gasteiger partial charge in [0.2, 0.25) is 5.82 Å². The van der Waals surface area contributed by atoms with Crippen LogP contribution in [0.2, 0.25) is 0 Å². The van der Waals surface area contributed by atoms with Crippen molar-refractivity contribution in [3.8, 4) is 0 Å². The first-order chi connectivity index (χ1) is 12.0. The van der Waals surface area contributed by atoms with Crippen molar-refractivity contribution in [1.82, 2.24) is 9.38 Å². The largest absolute Gasteiger partial charge is 0.376 e. The standard InChI is InChI=1S/C14H9ClF4N4O3/c15-12-6-21(5-7(12)13(16,17)14(12,18)19)10-9(23(25)26)11(24)22-4-2-1-3-8(22)20-10/h1-4,7H,5-6H2. The molecule has 0 aromatic carbocycles. The summed E-state index contributed by atoms with van der Waals surface area (Å²) in [6.07, 6.45) is 1.25. The predicted molar refractivity (Wildman–Crippen MR) is 82.3 cm³/mol. The minimum Gasteiger partial charge on any atom is -0.348 e. The van der Waals surface area contributed by atoms with Crippen molar-refractivity contribution in [2.45, 2.75) is 16.7 Å². The predicted octanol–water partition coefficient (Wildman–Crippen LogP) is 2.30. The van der Waals surface area contributed by atoms with Gasteiger partial charge in [0.25, 0.3) is 0 Å². The van der Waals surface area contributed by atoms with E-state index in [4.69, 9.17) is 11.6 Å². The highest BCUT2D eigenvalue weighted by atomic mass is 35.5. The van der Waals surface area contributed by atoms with Gasteiger partial charge in [-0.25, -0.2) is 4.98 Å². The van der Waals surface area contributed by atoms with Crippen LogP contribution in [0.15, 0.2) is 29.2 Å². The lowest BCUT2D eigenvalue weighted by Crippen LogP contribution is -2.75. The third kappa shape index (κ3) is 1.78. The van der Waals surface area contributed by atoms with Crippen molar-refractivity contribution in [1.29, 1.82) is 0 Å². The molecule has 2 aromatic rings. The summed E-state index contributed by atoms with van der Waals surface area (Å²) in [7, 11) is 0. The number of halogens is 5. The summed E-state index contributed by atoms with van der Waals surface area (Å²) in [6.45, 7) is -1.47. The van der Waals surface area contributed by atoms with Crippen molar-refractivity contribution in [3.63, 3.8) is 0 Å². The van der Waals surface area contributed by atoms with E-state index in [1.54, 1.807) is 0 Å². The zero-order chi connectivity index (χ0) is 19.1. The lowest BCUT2D eigenvalue weighted by Gasteiger charge is -2.52.